The molecular formula is C13H28FNO2S. The summed E-state index contributed by atoms with van der Waals surface area (Å²) in [4.78, 5) is 11.1. The Morgan fingerprint density at radius 2 is 1.72 bits per heavy atom. The molecule has 5 heteroatoms. The van der Waals surface area contributed by atoms with Crippen LogP contribution in [-0.4, -0.2) is 17.8 Å². The Morgan fingerprint density at radius 3 is 2.00 bits per heavy atom. The van der Waals surface area contributed by atoms with Crippen LogP contribution in [0.25, 0.3) is 0 Å². The molecule has 0 fully saturated rings. The summed E-state index contributed by atoms with van der Waals surface area (Å²) in [7, 11) is 0. The molecule has 0 unspecified atom stereocenters. The van der Waals surface area contributed by atoms with Crippen molar-refractivity contribution in [2.75, 3.05) is 6.26 Å². The van der Waals surface area contributed by atoms with Gasteiger partial charge in [-0.05, 0) is 33.6 Å². The van der Waals surface area contributed by atoms with Crippen molar-refractivity contribution in [1.82, 2.24) is 0 Å². The van der Waals surface area contributed by atoms with Crippen LogP contribution >= 0.6 is 12.1 Å². The van der Waals surface area contributed by atoms with Gasteiger partial charge in [0, 0.05) is 30.5 Å². The van der Waals surface area contributed by atoms with Crippen molar-refractivity contribution in [3.63, 3.8) is 0 Å². The third-order valence-electron chi connectivity index (χ3n) is 1.30. The number of nitrogens with two attached hydrogens (primary N) is 1. The lowest BCUT2D eigenvalue weighted by Crippen LogP contribution is -2.23. The van der Waals surface area contributed by atoms with Gasteiger partial charge in [-0.2, -0.15) is 3.89 Å². The summed E-state index contributed by atoms with van der Waals surface area (Å²) < 4.78 is 15.3. The number of allylic oxidation sites excluding steroid dienone is 1. The summed E-state index contributed by atoms with van der Waals surface area (Å²) in [5, 5.41) is 0. The lowest BCUT2D eigenvalue weighted by atomic mass is 10.2. The maximum Gasteiger partial charge on any atom is 0.306 e. The molecule has 18 heavy (non-hydrogen) atoms. The minimum Gasteiger partial charge on any atom is -0.460 e. The quantitative estimate of drug-likeness (QED) is 0.783. The lowest BCUT2D eigenvalue weighted by molar-refractivity contribution is -0.154. The van der Waals surface area contributed by atoms with Crippen LogP contribution in [0.4, 0.5) is 3.89 Å². The van der Waals surface area contributed by atoms with Crippen molar-refractivity contribution in [1.29, 1.82) is 0 Å². The second-order valence-corrected chi connectivity index (χ2v) is 4.56. The summed E-state index contributed by atoms with van der Waals surface area (Å²) >= 11 is 0.250. The zero-order valence-corrected chi connectivity index (χ0v) is 13.3. The average Bonchev–Trinajstić information content (AvgIpc) is 2.18. The van der Waals surface area contributed by atoms with Gasteiger partial charge in [-0.15, -0.1) is 0 Å². The van der Waals surface area contributed by atoms with Crippen LogP contribution in [0.5, 0.6) is 0 Å². The monoisotopic (exact) mass is 281 g/mol. The number of rotatable bonds is 4. The van der Waals surface area contributed by atoms with Crippen molar-refractivity contribution < 1.29 is 13.4 Å². The first-order chi connectivity index (χ1) is 8.22. The van der Waals surface area contributed by atoms with Crippen LogP contribution in [0, 0.1) is 0 Å². The van der Waals surface area contributed by atoms with Crippen LogP contribution < -0.4 is 5.73 Å². The fourth-order valence-electron chi connectivity index (χ4n) is 0.852. The Morgan fingerprint density at radius 1 is 1.33 bits per heavy atom. The first kappa shape index (κ1) is 22.5. The Labute approximate surface area is 116 Å². The standard InChI is InChI=1S/C10H19NO2.C2H6.CH3FS/c1-8(11)6-5-7-9(12)13-10(2,3)4;1-2;1-3-2/h1,5-7,11H2,2-4H3;1-2H3;1H3. The Hall–Kier alpha value is -0.710. The normalized spacial score (nSPS) is 9.28. The van der Waals surface area contributed by atoms with Gasteiger partial charge in [-0.3, -0.25) is 4.79 Å². The molecular weight excluding hydrogens is 253 g/mol. The third-order valence-corrected chi connectivity index (χ3v) is 1.30. The molecule has 0 spiro atoms. The van der Waals surface area contributed by atoms with Gasteiger partial charge in [0.1, 0.15) is 5.60 Å². The van der Waals surface area contributed by atoms with Crippen LogP contribution in [-0.2, 0) is 9.53 Å². The number of halogens is 1. The zero-order valence-electron chi connectivity index (χ0n) is 12.5. The highest BCUT2D eigenvalue weighted by atomic mass is 32.2. The minimum atomic E-state index is -0.392. The van der Waals surface area contributed by atoms with E-state index >= 15 is 0 Å². The second kappa shape index (κ2) is 14.4. The van der Waals surface area contributed by atoms with Crippen molar-refractivity contribution in [2.45, 2.75) is 59.5 Å². The molecule has 0 aromatic heterocycles. The van der Waals surface area contributed by atoms with Gasteiger partial charge in [0.2, 0.25) is 0 Å². The summed E-state index contributed by atoms with van der Waals surface area (Å²) in [6.07, 6.45) is 3.18. The van der Waals surface area contributed by atoms with Gasteiger partial charge in [0.05, 0.1) is 0 Å². The number of hydrogen-bond acceptors (Lipinski definition) is 4. The summed E-state index contributed by atoms with van der Waals surface area (Å²) in [5.41, 5.74) is 5.58. The fraction of sp³-hybridized carbons (Fsp3) is 0.769. The largest absolute Gasteiger partial charge is 0.460 e. The molecule has 0 heterocycles. The summed E-state index contributed by atoms with van der Waals surface area (Å²) in [5.74, 6) is -0.172. The van der Waals surface area contributed by atoms with Crippen molar-refractivity contribution in [2.24, 2.45) is 5.73 Å². The SMILES string of the molecule is C=C(N)CCCC(=O)OC(C)(C)C.CC.CSF. The molecule has 0 aromatic carbocycles. The van der Waals surface area contributed by atoms with Gasteiger partial charge in [0.25, 0.3) is 0 Å². The minimum absolute atomic E-state index is 0.172. The molecule has 0 atom stereocenters. The van der Waals surface area contributed by atoms with E-state index in [-0.39, 0.29) is 18.1 Å². The number of hydrogen-bond donors (Lipinski definition) is 1. The number of carbonyl (C=O) groups is 1. The number of carbonyl (C=O) groups excluding carboxylic acids is 1. The average molecular weight is 281 g/mol. The Balaban J connectivity index is -0.000000389. The van der Waals surface area contributed by atoms with E-state index in [1.54, 1.807) is 0 Å². The highest BCUT2D eigenvalue weighted by Crippen LogP contribution is 2.10. The topological polar surface area (TPSA) is 52.3 Å². The van der Waals surface area contributed by atoms with Crippen molar-refractivity contribution >= 4 is 18.1 Å². The van der Waals surface area contributed by atoms with Gasteiger partial charge >= 0.3 is 5.97 Å². The number of esters is 1. The second-order valence-electron chi connectivity index (χ2n) is 4.25. The van der Waals surface area contributed by atoms with Gasteiger partial charge in [-0.25, -0.2) is 0 Å². The van der Waals surface area contributed by atoms with Crippen LogP contribution in [0.2, 0.25) is 0 Å². The van der Waals surface area contributed by atoms with E-state index in [1.165, 1.54) is 6.26 Å². The first-order valence-corrected chi connectivity index (χ1v) is 7.15. The van der Waals surface area contributed by atoms with Gasteiger partial charge in [-0.1, -0.05) is 20.4 Å². The summed E-state index contributed by atoms with van der Waals surface area (Å²) in [6.45, 7) is 13.1. The fourth-order valence-corrected chi connectivity index (χ4v) is 0.852. The molecule has 0 rings (SSSR count). The highest BCUT2D eigenvalue weighted by Gasteiger charge is 2.15. The van der Waals surface area contributed by atoms with Crippen molar-refractivity contribution in [3.8, 4) is 0 Å². The van der Waals surface area contributed by atoms with Gasteiger partial charge in [0.15, 0.2) is 0 Å². The van der Waals surface area contributed by atoms with Crippen LogP contribution in [0.15, 0.2) is 12.3 Å². The van der Waals surface area contributed by atoms with E-state index in [2.05, 4.69) is 6.58 Å². The first-order valence-electron chi connectivity index (χ1n) is 6.02. The van der Waals surface area contributed by atoms with Crippen LogP contribution in [0.1, 0.15) is 53.9 Å². The van der Waals surface area contributed by atoms with Crippen LogP contribution in [0.3, 0.4) is 0 Å². The van der Waals surface area contributed by atoms with E-state index in [4.69, 9.17) is 10.5 Å². The molecule has 0 aliphatic carbocycles. The lowest BCUT2D eigenvalue weighted by Gasteiger charge is -2.19. The molecule has 0 aliphatic heterocycles. The van der Waals surface area contributed by atoms with E-state index in [0.717, 1.165) is 0 Å². The Bertz CT molecular complexity index is 216. The molecule has 0 aromatic rings. The summed E-state index contributed by atoms with van der Waals surface area (Å²) in [6, 6.07) is 0. The molecule has 3 nitrogen and oxygen atoms in total. The number of ether oxygens (including phenoxy) is 1. The smallest absolute Gasteiger partial charge is 0.306 e. The molecule has 0 saturated carbocycles. The maximum atomic E-state index is 11.1. The predicted molar refractivity (Wildman–Crippen MR) is 79.0 cm³/mol. The highest BCUT2D eigenvalue weighted by molar-refractivity contribution is 7.93. The van der Waals surface area contributed by atoms with Gasteiger partial charge < -0.3 is 10.5 Å². The van der Waals surface area contributed by atoms with E-state index < -0.39 is 5.60 Å². The third kappa shape index (κ3) is 29.5. The maximum absolute atomic E-state index is 11.1. The predicted octanol–water partition coefficient (Wildman–Crippen LogP) is 4.23. The van der Waals surface area contributed by atoms with E-state index in [0.29, 0.717) is 25.0 Å². The van der Waals surface area contributed by atoms with Crippen molar-refractivity contribution in [3.05, 3.63) is 12.3 Å². The molecule has 0 bridgehead atoms. The molecule has 0 saturated heterocycles. The molecule has 2 N–H and O–H groups in total. The Kier molecular flexibility index (Phi) is 17.9. The van der Waals surface area contributed by atoms with E-state index in [9.17, 15) is 8.68 Å². The molecule has 0 radical (unpaired) electrons. The molecule has 0 aliphatic rings. The molecule has 110 valence electrons. The molecule has 0 amide bonds. The van der Waals surface area contributed by atoms with E-state index in [1.807, 2.05) is 34.6 Å². The zero-order chi connectivity index (χ0) is 15.2.